The molecule has 0 aromatic heterocycles. The highest BCUT2D eigenvalue weighted by Crippen LogP contribution is 2.23. The molecule has 0 heterocycles. The molecule has 0 fully saturated rings. The van der Waals surface area contributed by atoms with Crippen molar-refractivity contribution in [1.29, 1.82) is 0 Å². The molecule has 0 bridgehead atoms. The first-order valence-corrected chi connectivity index (χ1v) is 6.58. The molecule has 0 aliphatic carbocycles. The van der Waals surface area contributed by atoms with Gasteiger partial charge in [-0.25, -0.2) is 4.79 Å². The number of benzene rings is 1. The lowest BCUT2D eigenvalue weighted by atomic mass is 10.1. The lowest BCUT2D eigenvalue weighted by Crippen LogP contribution is -2.09. The lowest BCUT2D eigenvalue weighted by Gasteiger charge is -2.09. The number of halogens is 1. The second-order valence-electron chi connectivity index (χ2n) is 4.01. The van der Waals surface area contributed by atoms with E-state index in [1.807, 2.05) is 6.92 Å². The van der Waals surface area contributed by atoms with E-state index in [-0.39, 0.29) is 5.97 Å². The smallest absolute Gasteiger partial charge is 0.338 e. The molecule has 0 aliphatic heterocycles. The van der Waals surface area contributed by atoms with Gasteiger partial charge in [0, 0.05) is 10.2 Å². The van der Waals surface area contributed by atoms with Crippen molar-refractivity contribution in [2.45, 2.75) is 33.1 Å². The van der Waals surface area contributed by atoms with Crippen molar-refractivity contribution in [3.63, 3.8) is 0 Å². The minimum atomic E-state index is -0.299. The number of nitrogens with two attached hydrogens (primary N) is 1. The molecule has 1 aromatic rings. The van der Waals surface area contributed by atoms with E-state index < -0.39 is 0 Å². The topological polar surface area (TPSA) is 52.3 Å². The van der Waals surface area contributed by atoms with Crippen molar-refractivity contribution in [3.8, 4) is 0 Å². The number of hydrogen-bond donors (Lipinski definition) is 1. The summed E-state index contributed by atoms with van der Waals surface area (Å²) in [6, 6.07) is 3.52. The van der Waals surface area contributed by atoms with Gasteiger partial charge in [0.25, 0.3) is 0 Å². The number of esters is 1. The highest BCUT2D eigenvalue weighted by atomic mass is 79.9. The highest BCUT2D eigenvalue weighted by Gasteiger charge is 2.13. The van der Waals surface area contributed by atoms with Crippen LogP contribution in [0.4, 0.5) is 5.69 Å². The molecular weight excluding hydrogens is 282 g/mol. The van der Waals surface area contributed by atoms with Crippen molar-refractivity contribution in [1.82, 2.24) is 0 Å². The SMILES string of the molecule is CCCCCOC(=O)c1cc(Br)cc(N)c1C. The molecule has 3 nitrogen and oxygen atoms in total. The molecule has 0 atom stereocenters. The van der Waals surface area contributed by atoms with Gasteiger partial charge in [0.05, 0.1) is 12.2 Å². The summed E-state index contributed by atoms with van der Waals surface area (Å²) in [7, 11) is 0. The zero-order valence-corrected chi connectivity index (χ0v) is 11.8. The number of unbranched alkanes of at least 4 members (excludes halogenated alkanes) is 2. The van der Waals surface area contributed by atoms with Gasteiger partial charge >= 0.3 is 5.97 Å². The fourth-order valence-electron chi connectivity index (χ4n) is 1.51. The Kier molecular flexibility index (Phi) is 5.48. The van der Waals surface area contributed by atoms with Crippen molar-refractivity contribution in [3.05, 3.63) is 27.7 Å². The number of carbonyl (C=O) groups excluding carboxylic acids is 1. The summed E-state index contributed by atoms with van der Waals surface area (Å²) >= 11 is 3.32. The van der Waals surface area contributed by atoms with Gasteiger partial charge in [-0.3, -0.25) is 0 Å². The first-order valence-electron chi connectivity index (χ1n) is 5.79. The van der Waals surface area contributed by atoms with Crippen LogP contribution in [0.5, 0.6) is 0 Å². The molecule has 0 spiro atoms. The largest absolute Gasteiger partial charge is 0.462 e. The zero-order valence-electron chi connectivity index (χ0n) is 10.3. The predicted octanol–water partition coefficient (Wildman–Crippen LogP) is 3.69. The Bertz CT molecular complexity index is 405. The van der Waals surface area contributed by atoms with Crippen LogP contribution < -0.4 is 5.73 Å². The third-order valence-corrected chi connectivity index (χ3v) is 3.07. The number of rotatable bonds is 5. The Morgan fingerprint density at radius 3 is 2.76 bits per heavy atom. The van der Waals surface area contributed by atoms with Crippen LogP contribution in [-0.2, 0) is 4.74 Å². The predicted molar refractivity (Wildman–Crippen MR) is 73.1 cm³/mol. The van der Waals surface area contributed by atoms with E-state index in [1.54, 1.807) is 12.1 Å². The summed E-state index contributed by atoms with van der Waals surface area (Å²) in [4.78, 5) is 11.8. The molecule has 17 heavy (non-hydrogen) atoms. The standard InChI is InChI=1S/C13H18BrNO2/c1-3-4-5-6-17-13(16)11-7-10(14)8-12(15)9(11)2/h7-8H,3-6,15H2,1-2H3. The molecule has 2 N–H and O–H groups in total. The van der Waals surface area contributed by atoms with Gasteiger partial charge < -0.3 is 10.5 Å². The Morgan fingerprint density at radius 2 is 2.12 bits per heavy atom. The quantitative estimate of drug-likeness (QED) is 0.512. The molecule has 0 aliphatic rings. The average molecular weight is 300 g/mol. The van der Waals surface area contributed by atoms with E-state index in [2.05, 4.69) is 22.9 Å². The van der Waals surface area contributed by atoms with Gasteiger partial charge in [-0.1, -0.05) is 35.7 Å². The summed E-state index contributed by atoms with van der Waals surface area (Å²) in [6.45, 7) is 4.41. The van der Waals surface area contributed by atoms with Crippen molar-refractivity contribution in [2.24, 2.45) is 0 Å². The van der Waals surface area contributed by atoms with Crippen LogP contribution in [-0.4, -0.2) is 12.6 Å². The molecular formula is C13H18BrNO2. The van der Waals surface area contributed by atoms with Crippen LogP contribution in [0.25, 0.3) is 0 Å². The maximum Gasteiger partial charge on any atom is 0.338 e. The Morgan fingerprint density at radius 1 is 1.41 bits per heavy atom. The van der Waals surface area contributed by atoms with E-state index in [0.29, 0.717) is 17.9 Å². The zero-order chi connectivity index (χ0) is 12.8. The van der Waals surface area contributed by atoms with Crippen molar-refractivity contribution in [2.75, 3.05) is 12.3 Å². The first-order chi connectivity index (χ1) is 8.06. The minimum Gasteiger partial charge on any atom is -0.462 e. The van der Waals surface area contributed by atoms with Gasteiger partial charge in [-0.05, 0) is 31.0 Å². The fraction of sp³-hybridized carbons (Fsp3) is 0.462. The molecule has 0 unspecified atom stereocenters. The summed E-state index contributed by atoms with van der Waals surface area (Å²) < 4.78 is 6.00. The van der Waals surface area contributed by atoms with Crippen LogP contribution in [0, 0.1) is 6.92 Å². The summed E-state index contributed by atoms with van der Waals surface area (Å²) in [5.74, 6) is -0.299. The van der Waals surface area contributed by atoms with Crippen LogP contribution in [0.2, 0.25) is 0 Å². The number of anilines is 1. The third-order valence-electron chi connectivity index (χ3n) is 2.61. The van der Waals surface area contributed by atoms with Crippen molar-refractivity contribution >= 4 is 27.6 Å². The van der Waals surface area contributed by atoms with Crippen molar-refractivity contribution < 1.29 is 9.53 Å². The highest BCUT2D eigenvalue weighted by molar-refractivity contribution is 9.10. The number of ether oxygens (including phenoxy) is 1. The normalized spacial score (nSPS) is 10.3. The number of hydrogen-bond acceptors (Lipinski definition) is 3. The van der Waals surface area contributed by atoms with Crippen LogP contribution in [0.15, 0.2) is 16.6 Å². The number of carbonyl (C=O) groups is 1. The van der Waals surface area contributed by atoms with Crippen LogP contribution in [0.1, 0.15) is 42.1 Å². The molecule has 4 heteroatoms. The average Bonchev–Trinajstić information content (AvgIpc) is 2.29. The Labute approximate surface area is 110 Å². The molecule has 1 aromatic carbocycles. The lowest BCUT2D eigenvalue weighted by molar-refractivity contribution is 0.0497. The molecule has 1 rings (SSSR count). The number of nitrogen functional groups attached to an aromatic ring is 1. The van der Waals surface area contributed by atoms with E-state index in [9.17, 15) is 4.79 Å². The van der Waals surface area contributed by atoms with E-state index in [0.717, 1.165) is 29.3 Å². The van der Waals surface area contributed by atoms with Gasteiger partial charge in [-0.15, -0.1) is 0 Å². The maximum absolute atomic E-state index is 11.8. The monoisotopic (exact) mass is 299 g/mol. The molecule has 94 valence electrons. The second kappa shape index (κ2) is 6.64. The summed E-state index contributed by atoms with van der Waals surface area (Å²) in [6.07, 6.45) is 3.10. The third kappa shape index (κ3) is 4.04. The Balaban J connectivity index is 2.69. The van der Waals surface area contributed by atoms with E-state index >= 15 is 0 Å². The van der Waals surface area contributed by atoms with E-state index in [4.69, 9.17) is 10.5 Å². The van der Waals surface area contributed by atoms with Gasteiger partial charge in [0.1, 0.15) is 0 Å². The van der Waals surface area contributed by atoms with Crippen LogP contribution in [0.3, 0.4) is 0 Å². The summed E-state index contributed by atoms with van der Waals surface area (Å²) in [5.41, 5.74) is 7.70. The minimum absolute atomic E-state index is 0.299. The van der Waals surface area contributed by atoms with Crippen LogP contribution >= 0.6 is 15.9 Å². The summed E-state index contributed by atoms with van der Waals surface area (Å²) in [5, 5.41) is 0. The molecule has 0 radical (unpaired) electrons. The van der Waals surface area contributed by atoms with E-state index in [1.165, 1.54) is 0 Å². The second-order valence-corrected chi connectivity index (χ2v) is 4.93. The van der Waals surface area contributed by atoms with Gasteiger partial charge in [0.2, 0.25) is 0 Å². The maximum atomic E-state index is 11.8. The Hall–Kier alpha value is -1.03. The van der Waals surface area contributed by atoms with Gasteiger partial charge in [-0.2, -0.15) is 0 Å². The fourth-order valence-corrected chi connectivity index (χ4v) is 1.98. The molecule has 0 amide bonds. The first kappa shape index (κ1) is 14.0. The molecule has 0 saturated heterocycles. The van der Waals surface area contributed by atoms with Gasteiger partial charge in [0.15, 0.2) is 0 Å². The molecule has 0 saturated carbocycles.